The highest BCUT2D eigenvalue weighted by Crippen LogP contribution is 2.45. The molecule has 0 aliphatic carbocycles. The molecule has 13 nitrogen and oxygen atoms in total. The molecule has 4 aromatic rings. The molecule has 0 radical (unpaired) electrons. The number of aromatic nitrogens is 4. The van der Waals surface area contributed by atoms with Crippen LogP contribution in [-0.4, -0.2) is 76.1 Å². The molecule has 1 fully saturated rings. The van der Waals surface area contributed by atoms with E-state index >= 15 is 0 Å². The number of fused-ring (bicyclic) bond motifs is 1. The van der Waals surface area contributed by atoms with Gasteiger partial charge in [-0.2, -0.15) is 4.31 Å². The molecular weight excluding hydrogens is 667 g/mol. The molecule has 2 aliphatic heterocycles. The molecule has 2 N–H and O–H groups in total. The first-order valence-corrected chi connectivity index (χ1v) is 16.9. The van der Waals surface area contributed by atoms with Crippen molar-refractivity contribution in [1.29, 1.82) is 0 Å². The second-order valence-electron chi connectivity index (χ2n) is 11.4. The lowest BCUT2D eigenvalue weighted by Gasteiger charge is -2.29. The zero-order chi connectivity index (χ0) is 33.5. The van der Waals surface area contributed by atoms with Gasteiger partial charge in [0.05, 0.1) is 18.4 Å². The van der Waals surface area contributed by atoms with Gasteiger partial charge >= 0.3 is 0 Å². The zero-order valence-electron chi connectivity index (χ0n) is 25.4. The smallest absolute Gasteiger partial charge is 0.261 e. The second-order valence-corrected chi connectivity index (χ2v) is 14.1. The number of likely N-dealkylation sites (N-methyl/N-ethyl adjacent to an activating group) is 1. The van der Waals surface area contributed by atoms with Crippen LogP contribution in [0.4, 0.5) is 11.6 Å². The summed E-state index contributed by atoms with van der Waals surface area (Å²) in [5.41, 5.74) is 1.28. The number of imidazole rings is 1. The van der Waals surface area contributed by atoms with Crippen LogP contribution in [-0.2, 0) is 36.4 Å². The van der Waals surface area contributed by atoms with Gasteiger partial charge in [-0.1, -0.05) is 47.5 Å². The predicted molar refractivity (Wildman–Crippen MR) is 175 cm³/mol. The number of sulfonamides is 1. The van der Waals surface area contributed by atoms with Gasteiger partial charge in [0.15, 0.2) is 5.03 Å². The van der Waals surface area contributed by atoms with Crippen molar-refractivity contribution in [3.05, 3.63) is 83.0 Å². The number of hydrogen-bond donors (Lipinski definition) is 2. The molecule has 16 heteroatoms. The highest BCUT2D eigenvalue weighted by atomic mass is 35.5. The Bertz CT molecular complexity index is 1950. The Labute approximate surface area is 281 Å². The maximum absolute atomic E-state index is 14.5. The number of anilines is 2. The molecule has 47 heavy (non-hydrogen) atoms. The number of carbonyl (C=O) groups excluding carboxylic acids is 3. The molecule has 244 valence electrons. The van der Waals surface area contributed by atoms with Crippen molar-refractivity contribution in [2.75, 3.05) is 25.0 Å². The lowest BCUT2D eigenvalue weighted by atomic mass is 9.91. The summed E-state index contributed by atoms with van der Waals surface area (Å²) in [6.07, 6.45) is 6.82. The van der Waals surface area contributed by atoms with Crippen molar-refractivity contribution in [2.45, 2.75) is 42.8 Å². The number of nitrogens with one attached hydrogen (secondary N) is 2. The Balaban J connectivity index is 1.41. The van der Waals surface area contributed by atoms with Gasteiger partial charge in [-0.25, -0.2) is 28.3 Å². The lowest BCUT2D eigenvalue weighted by Crippen LogP contribution is -2.49. The van der Waals surface area contributed by atoms with E-state index in [-0.39, 0.29) is 47.0 Å². The fourth-order valence-electron chi connectivity index (χ4n) is 6.06. The number of nitrogens with zero attached hydrogens (tertiary/aromatic N) is 6. The van der Waals surface area contributed by atoms with Crippen LogP contribution in [0.5, 0.6) is 0 Å². The van der Waals surface area contributed by atoms with E-state index in [0.29, 0.717) is 12.1 Å². The summed E-state index contributed by atoms with van der Waals surface area (Å²) in [4.78, 5) is 53.1. The van der Waals surface area contributed by atoms with E-state index in [1.807, 2.05) is 24.3 Å². The molecule has 6 rings (SSSR count). The first-order chi connectivity index (χ1) is 22.4. The van der Waals surface area contributed by atoms with Crippen molar-refractivity contribution >= 4 is 62.6 Å². The van der Waals surface area contributed by atoms with Gasteiger partial charge in [0, 0.05) is 48.0 Å². The Morgan fingerprint density at radius 2 is 1.70 bits per heavy atom. The topological polar surface area (TPSA) is 159 Å². The standard InChI is InChI=1S/C31H30Cl2N8O5S/c1-31(13-19-5-7-20(8-6-19)21-14-35-18-36-15-21)29(44)40(24-11-22(32)10-23(33)12-24)30-38-17-27(41(30)31)47(45,46)39-9-3-4-25(39)28(43)37-16-26(42)34-2/h5-8,10-12,14-15,17-18,25H,3-4,9,13,16H2,1-2H3,(H,34,42)(H,37,43). The van der Waals surface area contributed by atoms with E-state index in [1.165, 1.54) is 35.1 Å². The Kier molecular flexibility index (Phi) is 8.78. The van der Waals surface area contributed by atoms with Gasteiger partial charge < -0.3 is 10.6 Å². The van der Waals surface area contributed by atoms with E-state index in [2.05, 4.69) is 25.6 Å². The molecule has 2 atom stereocenters. The van der Waals surface area contributed by atoms with Crippen LogP contribution >= 0.6 is 23.2 Å². The maximum atomic E-state index is 14.5. The molecule has 3 amide bonds. The summed E-state index contributed by atoms with van der Waals surface area (Å²) < 4.78 is 31.3. The van der Waals surface area contributed by atoms with Crippen LogP contribution < -0.4 is 15.5 Å². The fraction of sp³-hybridized carbons (Fsp3) is 0.290. The van der Waals surface area contributed by atoms with Crippen molar-refractivity contribution in [1.82, 2.24) is 34.5 Å². The summed E-state index contributed by atoms with van der Waals surface area (Å²) >= 11 is 12.6. The summed E-state index contributed by atoms with van der Waals surface area (Å²) in [6.45, 7) is 1.44. The van der Waals surface area contributed by atoms with Crippen LogP contribution in [0.25, 0.3) is 11.1 Å². The molecule has 2 aromatic carbocycles. The van der Waals surface area contributed by atoms with E-state index in [4.69, 9.17) is 23.2 Å². The minimum Gasteiger partial charge on any atom is -0.358 e. The van der Waals surface area contributed by atoms with Gasteiger partial charge in [0.1, 0.15) is 17.9 Å². The summed E-state index contributed by atoms with van der Waals surface area (Å²) in [5, 5.41) is 5.24. The fourth-order valence-corrected chi connectivity index (χ4v) is 8.42. The van der Waals surface area contributed by atoms with E-state index in [1.54, 1.807) is 31.5 Å². The van der Waals surface area contributed by atoms with Crippen LogP contribution in [0.15, 0.2) is 72.4 Å². The number of rotatable bonds is 9. The van der Waals surface area contributed by atoms with E-state index in [9.17, 15) is 22.8 Å². The average molecular weight is 698 g/mol. The molecule has 1 saturated heterocycles. The number of carbonyl (C=O) groups is 3. The number of benzene rings is 2. The Morgan fingerprint density at radius 3 is 2.36 bits per heavy atom. The normalized spacial score (nSPS) is 19.5. The summed E-state index contributed by atoms with van der Waals surface area (Å²) in [6, 6.07) is 11.1. The van der Waals surface area contributed by atoms with Crippen molar-refractivity contribution in [2.24, 2.45) is 0 Å². The van der Waals surface area contributed by atoms with Crippen molar-refractivity contribution < 1.29 is 22.8 Å². The molecule has 2 aromatic heterocycles. The largest absolute Gasteiger partial charge is 0.358 e. The van der Waals surface area contributed by atoms with Crippen LogP contribution in [0, 0.1) is 0 Å². The third-order valence-electron chi connectivity index (χ3n) is 8.35. The zero-order valence-corrected chi connectivity index (χ0v) is 27.7. The first-order valence-electron chi connectivity index (χ1n) is 14.7. The van der Waals surface area contributed by atoms with Gasteiger partial charge in [-0.05, 0) is 49.1 Å². The molecular formula is C31H30Cl2N8O5S. The predicted octanol–water partition coefficient (Wildman–Crippen LogP) is 3.30. The summed E-state index contributed by atoms with van der Waals surface area (Å²) in [7, 11) is -2.95. The van der Waals surface area contributed by atoms with Crippen LogP contribution in [0.1, 0.15) is 25.3 Å². The first kappa shape index (κ1) is 32.6. The number of amides is 3. The highest BCUT2D eigenvalue weighted by molar-refractivity contribution is 7.89. The molecule has 2 unspecified atom stereocenters. The molecule has 0 saturated carbocycles. The molecule has 4 heterocycles. The van der Waals surface area contributed by atoms with Gasteiger partial charge in [-0.3, -0.25) is 19.0 Å². The Morgan fingerprint density at radius 1 is 1.02 bits per heavy atom. The second kappa shape index (κ2) is 12.7. The number of halogens is 2. The monoisotopic (exact) mass is 696 g/mol. The summed E-state index contributed by atoms with van der Waals surface area (Å²) in [5.74, 6) is -1.39. The highest BCUT2D eigenvalue weighted by Gasteiger charge is 2.53. The SMILES string of the molecule is CNC(=O)CNC(=O)C1CCCN1S(=O)(=O)c1cnc2n1C(C)(Cc1ccc(-c3cncnc3)cc1)C(=O)N2c1cc(Cl)cc(Cl)c1. The van der Waals surface area contributed by atoms with Crippen LogP contribution in [0.2, 0.25) is 10.0 Å². The van der Waals surface area contributed by atoms with Crippen LogP contribution in [0.3, 0.4) is 0 Å². The molecule has 0 spiro atoms. The Hall–Kier alpha value is -4.37. The molecule has 0 bridgehead atoms. The van der Waals surface area contributed by atoms with Gasteiger partial charge in [-0.15, -0.1) is 0 Å². The minimum absolute atomic E-state index is 0.0623. The third kappa shape index (κ3) is 5.97. The maximum Gasteiger partial charge on any atom is 0.261 e. The average Bonchev–Trinajstić information content (AvgIpc) is 3.77. The van der Waals surface area contributed by atoms with Gasteiger partial charge in [0.2, 0.25) is 17.8 Å². The van der Waals surface area contributed by atoms with E-state index in [0.717, 1.165) is 21.0 Å². The van der Waals surface area contributed by atoms with Crippen molar-refractivity contribution in [3.8, 4) is 11.1 Å². The third-order valence-corrected chi connectivity index (χ3v) is 10.7. The van der Waals surface area contributed by atoms with Gasteiger partial charge in [0.25, 0.3) is 15.9 Å². The number of hydrogen-bond acceptors (Lipinski definition) is 8. The lowest BCUT2D eigenvalue weighted by molar-refractivity contribution is -0.127. The van der Waals surface area contributed by atoms with Crippen molar-refractivity contribution in [3.63, 3.8) is 0 Å². The van der Waals surface area contributed by atoms with E-state index < -0.39 is 39.3 Å². The quantitative estimate of drug-likeness (QED) is 0.270. The molecule has 2 aliphatic rings. The minimum atomic E-state index is -4.38.